The van der Waals surface area contributed by atoms with Crippen LogP contribution in [0.4, 0.5) is 0 Å². The van der Waals surface area contributed by atoms with Crippen LogP contribution in [-0.4, -0.2) is 24.7 Å². The van der Waals surface area contributed by atoms with Crippen molar-refractivity contribution in [2.75, 3.05) is 13.1 Å². The molecule has 0 saturated carbocycles. The average molecular weight is 156 g/mol. The molecular weight excluding hydrogens is 136 g/mol. The second-order valence-corrected chi connectivity index (χ2v) is 4.13. The molecule has 1 saturated heterocycles. The highest BCUT2D eigenvalue weighted by molar-refractivity contribution is 4.89. The van der Waals surface area contributed by atoms with E-state index in [0.717, 1.165) is 13.1 Å². The number of hydrogen-bond donors (Lipinski definition) is 2. The van der Waals surface area contributed by atoms with Crippen molar-refractivity contribution in [3.63, 3.8) is 0 Å². The Morgan fingerprint density at radius 3 is 2.64 bits per heavy atom. The Morgan fingerprint density at radius 2 is 2.18 bits per heavy atom. The van der Waals surface area contributed by atoms with Crippen molar-refractivity contribution in [1.82, 2.24) is 10.6 Å². The van der Waals surface area contributed by atoms with Gasteiger partial charge in [0.2, 0.25) is 0 Å². The summed E-state index contributed by atoms with van der Waals surface area (Å²) in [6, 6.07) is 0.702. The lowest BCUT2D eigenvalue weighted by Gasteiger charge is -2.36. The summed E-state index contributed by atoms with van der Waals surface area (Å²) in [5, 5.41) is 7.08. The van der Waals surface area contributed by atoms with Crippen molar-refractivity contribution in [3.05, 3.63) is 0 Å². The molecule has 0 spiro atoms. The van der Waals surface area contributed by atoms with E-state index in [2.05, 4.69) is 31.4 Å². The van der Waals surface area contributed by atoms with Gasteiger partial charge in [-0.05, 0) is 20.3 Å². The van der Waals surface area contributed by atoms with Crippen LogP contribution >= 0.6 is 0 Å². The molecule has 66 valence electrons. The highest BCUT2D eigenvalue weighted by atomic mass is 15.1. The van der Waals surface area contributed by atoms with Crippen molar-refractivity contribution in [2.45, 2.75) is 45.2 Å². The van der Waals surface area contributed by atoms with Crippen molar-refractivity contribution in [1.29, 1.82) is 0 Å². The Morgan fingerprint density at radius 1 is 1.45 bits per heavy atom. The van der Waals surface area contributed by atoms with E-state index in [1.807, 2.05) is 0 Å². The number of hydrogen-bond acceptors (Lipinski definition) is 2. The first-order chi connectivity index (χ1) is 5.14. The first-order valence-electron chi connectivity index (χ1n) is 4.62. The highest BCUT2D eigenvalue weighted by Gasteiger charge is 2.24. The second kappa shape index (κ2) is 3.55. The van der Waals surface area contributed by atoms with Gasteiger partial charge in [-0.15, -0.1) is 0 Å². The van der Waals surface area contributed by atoms with Crippen LogP contribution in [0, 0.1) is 0 Å². The Bertz CT molecular complexity index is 111. The minimum Gasteiger partial charge on any atom is -0.311 e. The van der Waals surface area contributed by atoms with Crippen molar-refractivity contribution >= 4 is 0 Å². The first kappa shape index (κ1) is 9.01. The van der Waals surface area contributed by atoms with Gasteiger partial charge in [0.1, 0.15) is 0 Å². The van der Waals surface area contributed by atoms with E-state index in [1.54, 1.807) is 0 Å². The van der Waals surface area contributed by atoms with Gasteiger partial charge in [-0.3, -0.25) is 0 Å². The van der Waals surface area contributed by atoms with E-state index in [9.17, 15) is 0 Å². The van der Waals surface area contributed by atoms with E-state index in [1.165, 1.54) is 12.8 Å². The van der Waals surface area contributed by atoms with Gasteiger partial charge in [0.15, 0.2) is 0 Å². The maximum Gasteiger partial charge on any atom is 0.0250 e. The minimum atomic E-state index is 0.296. The molecule has 2 nitrogen and oxygen atoms in total. The molecule has 1 atom stereocenters. The van der Waals surface area contributed by atoms with Crippen LogP contribution in [0.2, 0.25) is 0 Å². The fraction of sp³-hybridized carbons (Fsp3) is 1.00. The lowest BCUT2D eigenvalue weighted by Crippen LogP contribution is -2.59. The van der Waals surface area contributed by atoms with Crippen LogP contribution in [0.15, 0.2) is 0 Å². The Balaban J connectivity index is 2.25. The smallest absolute Gasteiger partial charge is 0.0250 e. The largest absolute Gasteiger partial charge is 0.311 e. The molecule has 1 heterocycles. The topological polar surface area (TPSA) is 24.1 Å². The zero-order valence-electron chi connectivity index (χ0n) is 7.91. The van der Waals surface area contributed by atoms with Crippen molar-refractivity contribution in [3.8, 4) is 0 Å². The number of nitrogens with one attached hydrogen (secondary N) is 2. The average Bonchev–Trinajstić information content (AvgIpc) is 1.94. The van der Waals surface area contributed by atoms with Crippen LogP contribution in [0.1, 0.15) is 33.6 Å². The van der Waals surface area contributed by atoms with Gasteiger partial charge in [-0.25, -0.2) is 0 Å². The van der Waals surface area contributed by atoms with Crippen LogP contribution in [0.25, 0.3) is 0 Å². The quantitative estimate of drug-likeness (QED) is 0.626. The zero-order chi connectivity index (χ0) is 8.32. The predicted octanol–water partition coefficient (Wildman–Crippen LogP) is 1.13. The van der Waals surface area contributed by atoms with Crippen LogP contribution < -0.4 is 10.6 Å². The molecule has 0 bridgehead atoms. The van der Waals surface area contributed by atoms with Gasteiger partial charge < -0.3 is 10.6 Å². The third-order valence-corrected chi connectivity index (χ3v) is 2.30. The summed E-state index contributed by atoms with van der Waals surface area (Å²) >= 11 is 0. The summed E-state index contributed by atoms with van der Waals surface area (Å²) < 4.78 is 0. The summed E-state index contributed by atoms with van der Waals surface area (Å²) in [5.41, 5.74) is 0.296. The maximum absolute atomic E-state index is 3.55. The van der Waals surface area contributed by atoms with Gasteiger partial charge >= 0.3 is 0 Å². The summed E-state index contributed by atoms with van der Waals surface area (Å²) in [7, 11) is 0. The Hall–Kier alpha value is -0.0800. The second-order valence-electron chi connectivity index (χ2n) is 4.13. The Kier molecular flexibility index (Phi) is 2.90. The molecule has 0 aliphatic carbocycles. The third-order valence-electron chi connectivity index (χ3n) is 2.30. The normalized spacial score (nSPS) is 30.3. The molecule has 2 N–H and O–H groups in total. The van der Waals surface area contributed by atoms with Gasteiger partial charge in [0.25, 0.3) is 0 Å². The van der Waals surface area contributed by atoms with E-state index in [-0.39, 0.29) is 0 Å². The summed E-state index contributed by atoms with van der Waals surface area (Å²) in [5.74, 6) is 0. The Labute approximate surface area is 69.8 Å². The molecule has 0 aromatic rings. The molecule has 0 amide bonds. The maximum atomic E-state index is 3.55. The first-order valence-corrected chi connectivity index (χ1v) is 4.62. The van der Waals surface area contributed by atoms with E-state index < -0.39 is 0 Å². The van der Waals surface area contributed by atoms with Crippen LogP contribution in [0.3, 0.4) is 0 Å². The molecule has 1 fully saturated rings. The monoisotopic (exact) mass is 156 g/mol. The summed E-state index contributed by atoms with van der Waals surface area (Å²) in [6.45, 7) is 8.93. The molecule has 0 radical (unpaired) electrons. The van der Waals surface area contributed by atoms with Crippen LogP contribution in [0.5, 0.6) is 0 Å². The molecular formula is C9H20N2. The molecule has 11 heavy (non-hydrogen) atoms. The fourth-order valence-corrected chi connectivity index (χ4v) is 1.49. The van der Waals surface area contributed by atoms with E-state index in [0.29, 0.717) is 11.6 Å². The number of piperazine rings is 1. The standard InChI is InChI=1S/C9H20N2/c1-4-5-8-6-11-9(2,3)7-10-8/h8,10-11H,4-7H2,1-3H3. The lowest BCUT2D eigenvalue weighted by molar-refractivity contribution is 0.264. The van der Waals surface area contributed by atoms with E-state index >= 15 is 0 Å². The SMILES string of the molecule is CCCC1CNC(C)(C)CN1. The molecule has 0 aromatic carbocycles. The predicted molar refractivity (Wildman–Crippen MR) is 48.8 cm³/mol. The molecule has 2 heteroatoms. The molecule has 1 aliphatic heterocycles. The van der Waals surface area contributed by atoms with Gasteiger partial charge in [0.05, 0.1) is 0 Å². The lowest BCUT2D eigenvalue weighted by atomic mass is 9.99. The van der Waals surface area contributed by atoms with Gasteiger partial charge in [0, 0.05) is 24.7 Å². The molecule has 0 aromatic heterocycles. The minimum absolute atomic E-state index is 0.296. The van der Waals surface area contributed by atoms with E-state index in [4.69, 9.17) is 0 Å². The summed E-state index contributed by atoms with van der Waals surface area (Å²) in [4.78, 5) is 0. The zero-order valence-corrected chi connectivity index (χ0v) is 7.91. The van der Waals surface area contributed by atoms with Gasteiger partial charge in [-0.1, -0.05) is 13.3 Å². The summed E-state index contributed by atoms with van der Waals surface area (Å²) in [6.07, 6.45) is 2.57. The van der Waals surface area contributed by atoms with Crippen molar-refractivity contribution < 1.29 is 0 Å². The fourth-order valence-electron chi connectivity index (χ4n) is 1.49. The number of rotatable bonds is 2. The molecule has 1 aliphatic rings. The van der Waals surface area contributed by atoms with Crippen LogP contribution in [-0.2, 0) is 0 Å². The highest BCUT2D eigenvalue weighted by Crippen LogP contribution is 2.08. The third kappa shape index (κ3) is 2.80. The van der Waals surface area contributed by atoms with Crippen molar-refractivity contribution in [2.24, 2.45) is 0 Å². The van der Waals surface area contributed by atoms with Gasteiger partial charge in [-0.2, -0.15) is 0 Å². The molecule has 1 unspecified atom stereocenters. The molecule has 1 rings (SSSR count).